The summed E-state index contributed by atoms with van der Waals surface area (Å²) in [6, 6.07) is 5.83. The molecular formula is C18H23ClN6O. The molecule has 3 rings (SSSR count). The molecule has 1 fully saturated rings. The summed E-state index contributed by atoms with van der Waals surface area (Å²) >= 11 is 0. The number of aromatic nitrogens is 2. The second-order valence-electron chi connectivity index (χ2n) is 6.63. The van der Waals surface area contributed by atoms with E-state index in [1.165, 1.54) is 0 Å². The maximum Gasteiger partial charge on any atom is 0.234 e. The molecule has 1 saturated heterocycles. The Morgan fingerprint density at radius 3 is 2.77 bits per heavy atom. The molecule has 2 heterocycles. The van der Waals surface area contributed by atoms with Gasteiger partial charge in [-0.2, -0.15) is 5.26 Å². The summed E-state index contributed by atoms with van der Waals surface area (Å²) < 4.78 is 0. The molecule has 7 nitrogen and oxygen atoms in total. The Morgan fingerprint density at radius 2 is 2.12 bits per heavy atom. The van der Waals surface area contributed by atoms with Gasteiger partial charge >= 0.3 is 0 Å². The average Bonchev–Trinajstić information content (AvgIpc) is 2.60. The van der Waals surface area contributed by atoms with Crippen LogP contribution in [0.3, 0.4) is 0 Å². The van der Waals surface area contributed by atoms with E-state index in [-0.39, 0.29) is 24.9 Å². The Balaban J connectivity index is 0.00000243. The molecule has 1 aromatic heterocycles. The van der Waals surface area contributed by atoms with E-state index in [0.29, 0.717) is 29.1 Å². The Morgan fingerprint density at radius 1 is 1.38 bits per heavy atom. The number of nitriles is 1. The van der Waals surface area contributed by atoms with E-state index in [1.807, 2.05) is 6.07 Å². The number of nitrogens with zero attached hydrogens (tertiary/aromatic N) is 3. The molecule has 0 unspecified atom stereocenters. The molecule has 1 aliphatic heterocycles. The first-order valence-corrected chi connectivity index (χ1v) is 8.40. The second-order valence-corrected chi connectivity index (χ2v) is 6.63. The summed E-state index contributed by atoms with van der Waals surface area (Å²) in [6.45, 7) is 3.92. The fraction of sp³-hybridized carbons (Fsp3) is 0.444. The number of halogens is 1. The van der Waals surface area contributed by atoms with Crippen LogP contribution in [0.4, 0.5) is 0 Å². The highest BCUT2D eigenvalue weighted by Gasteiger charge is 2.39. The highest BCUT2D eigenvalue weighted by Crippen LogP contribution is 2.35. The molecule has 0 saturated carbocycles. The highest BCUT2D eigenvalue weighted by molar-refractivity contribution is 5.86. The number of piperidine rings is 1. The molecule has 138 valence electrons. The molecule has 0 spiro atoms. The van der Waals surface area contributed by atoms with Crippen LogP contribution in [0.25, 0.3) is 11.0 Å². The van der Waals surface area contributed by atoms with Crippen molar-refractivity contribution in [1.82, 2.24) is 25.9 Å². The van der Waals surface area contributed by atoms with E-state index in [4.69, 9.17) is 0 Å². The lowest BCUT2D eigenvalue weighted by Gasteiger charge is -2.42. The van der Waals surface area contributed by atoms with Crippen molar-refractivity contribution in [2.45, 2.75) is 18.9 Å². The predicted octanol–water partition coefficient (Wildman–Crippen LogP) is 1.08. The fourth-order valence-electron chi connectivity index (χ4n) is 3.64. The van der Waals surface area contributed by atoms with Gasteiger partial charge in [-0.3, -0.25) is 14.8 Å². The molecule has 3 N–H and O–H groups in total. The normalized spacial score (nSPS) is 22.3. The first-order chi connectivity index (χ1) is 12.1. The lowest BCUT2D eigenvalue weighted by molar-refractivity contribution is -0.122. The van der Waals surface area contributed by atoms with Crippen molar-refractivity contribution in [3.8, 4) is 6.07 Å². The van der Waals surface area contributed by atoms with Crippen LogP contribution in [0, 0.1) is 17.2 Å². The van der Waals surface area contributed by atoms with Crippen LogP contribution in [0.1, 0.15) is 24.5 Å². The van der Waals surface area contributed by atoms with Crippen molar-refractivity contribution in [1.29, 1.82) is 5.26 Å². The number of carbonyl (C=O) groups excluding carboxylic acids is 1. The zero-order valence-corrected chi connectivity index (χ0v) is 15.7. The molecule has 2 atom stereocenters. The minimum Gasteiger partial charge on any atom is -0.344 e. The lowest BCUT2D eigenvalue weighted by atomic mass is 9.78. The first-order valence-electron chi connectivity index (χ1n) is 8.40. The van der Waals surface area contributed by atoms with Crippen molar-refractivity contribution < 1.29 is 4.79 Å². The van der Waals surface area contributed by atoms with Gasteiger partial charge in [-0.25, -0.2) is 0 Å². The number of amides is 1. The Bertz CT molecular complexity index is 836. The van der Waals surface area contributed by atoms with Crippen molar-refractivity contribution in [2.75, 3.05) is 26.7 Å². The number of fused-ring (bicyclic) bond motifs is 1. The SMILES string of the molecule is CNCC(=O)N[C@]1(c2ccc(C#N)c3nccnc23)CNC[C@@H](C)C1.Cl. The summed E-state index contributed by atoms with van der Waals surface area (Å²) in [5.41, 5.74) is 2.05. The van der Waals surface area contributed by atoms with Crippen molar-refractivity contribution in [2.24, 2.45) is 5.92 Å². The third-order valence-corrected chi connectivity index (χ3v) is 4.59. The van der Waals surface area contributed by atoms with Crippen LogP contribution in [-0.2, 0) is 10.3 Å². The van der Waals surface area contributed by atoms with Gasteiger partial charge in [0.05, 0.1) is 23.2 Å². The largest absolute Gasteiger partial charge is 0.344 e. The van der Waals surface area contributed by atoms with E-state index in [0.717, 1.165) is 18.5 Å². The lowest BCUT2D eigenvalue weighted by Crippen LogP contribution is -2.58. The molecule has 0 bridgehead atoms. The van der Waals surface area contributed by atoms with E-state index < -0.39 is 5.54 Å². The Kier molecular flexibility index (Phi) is 6.48. The topological polar surface area (TPSA) is 103 Å². The van der Waals surface area contributed by atoms with Gasteiger partial charge in [-0.1, -0.05) is 13.0 Å². The van der Waals surface area contributed by atoms with E-state index >= 15 is 0 Å². The maximum absolute atomic E-state index is 12.4. The van der Waals surface area contributed by atoms with Crippen LogP contribution in [0.2, 0.25) is 0 Å². The molecule has 1 aromatic carbocycles. The average molecular weight is 375 g/mol. The number of nitrogens with one attached hydrogen (secondary N) is 3. The van der Waals surface area contributed by atoms with E-state index in [9.17, 15) is 10.1 Å². The maximum atomic E-state index is 12.4. The summed E-state index contributed by atoms with van der Waals surface area (Å²) in [5.74, 6) is 0.325. The van der Waals surface area contributed by atoms with Crippen molar-refractivity contribution in [3.63, 3.8) is 0 Å². The summed E-state index contributed by atoms with van der Waals surface area (Å²) in [4.78, 5) is 21.2. The van der Waals surface area contributed by atoms with Crippen LogP contribution in [0.5, 0.6) is 0 Å². The second kappa shape index (κ2) is 8.41. The van der Waals surface area contributed by atoms with Gasteiger partial charge in [0.2, 0.25) is 5.91 Å². The summed E-state index contributed by atoms with van der Waals surface area (Å²) in [5, 5.41) is 18.9. The van der Waals surface area contributed by atoms with E-state index in [1.54, 1.807) is 25.5 Å². The van der Waals surface area contributed by atoms with E-state index in [2.05, 4.69) is 38.9 Å². The summed E-state index contributed by atoms with van der Waals surface area (Å²) in [7, 11) is 1.75. The van der Waals surface area contributed by atoms with Crippen molar-refractivity contribution >= 4 is 29.3 Å². The monoisotopic (exact) mass is 374 g/mol. The Labute approximate surface area is 159 Å². The van der Waals surface area contributed by atoms with Gasteiger partial charge in [0, 0.05) is 24.5 Å². The third kappa shape index (κ3) is 3.78. The molecule has 26 heavy (non-hydrogen) atoms. The first kappa shape index (κ1) is 20.0. The quantitative estimate of drug-likeness (QED) is 0.740. The van der Waals surface area contributed by atoms with Gasteiger partial charge in [0.15, 0.2) is 0 Å². The van der Waals surface area contributed by atoms with Crippen molar-refractivity contribution in [3.05, 3.63) is 35.7 Å². The number of hydrogen-bond acceptors (Lipinski definition) is 6. The van der Waals surface area contributed by atoms with Gasteiger partial charge in [0.1, 0.15) is 11.6 Å². The molecule has 2 aromatic rings. The molecule has 0 radical (unpaired) electrons. The Hall–Kier alpha value is -2.27. The smallest absolute Gasteiger partial charge is 0.234 e. The van der Waals surface area contributed by atoms with Gasteiger partial charge in [-0.05, 0) is 32.0 Å². The zero-order valence-electron chi connectivity index (χ0n) is 14.9. The minimum absolute atomic E-state index is 0. The van der Waals surface area contributed by atoms with Crippen LogP contribution in [0.15, 0.2) is 24.5 Å². The summed E-state index contributed by atoms with van der Waals surface area (Å²) in [6.07, 6.45) is 4.00. The third-order valence-electron chi connectivity index (χ3n) is 4.59. The number of likely N-dealkylation sites (N-methyl/N-ethyl adjacent to an activating group) is 1. The molecule has 0 aliphatic carbocycles. The van der Waals surface area contributed by atoms with Gasteiger partial charge in [-0.15, -0.1) is 12.4 Å². The predicted molar refractivity (Wildman–Crippen MR) is 102 cm³/mol. The standard InChI is InChI=1S/C18H22N6O.ClH/c1-12-7-18(11-21-9-12,24-15(25)10-20-2)14-4-3-13(8-19)16-17(14)23-6-5-22-16;/h3-6,12,20-21H,7,9-11H2,1-2H3,(H,24,25);1H/t12-,18-;/m0./s1. The number of rotatable bonds is 4. The number of hydrogen-bond donors (Lipinski definition) is 3. The van der Waals surface area contributed by atoms with Crippen LogP contribution in [-0.4, -0.2) is 42.6 Å². The molecule has 8 heteroatoms. The highest BCUT2D eigenvalue weighted by atomic mass is 35.5. The fourth-order valence-corrected chi connectivity index (χ4v) is 3.64. The number of benzene rings is 1. The molecule has 1 aliphatic rings. The number of carbonyl (C=O) groups is 1. The zero-order chi connectivity index (χ0) is 17.9. The molecule has 1 amide bonds. The van der Waals surface area contributed by atoms with Crippen LogP contribution >= 0.6 is 12.4 Å². The van der Waals surface area contributed by atoms with Crippen LogP contribution < -0.4 is 16.0 Å². The minimum atomic E-state index is -0.576. The van der Waals surface area contributed by atoms with Gasteiger partial charge in [0.25, 0.3) is 0 Å². The molecular weight excluding hydrogens is 352 g/mol. The van der Waals surface area contributed by atoms with Gasteiger partial charge < -0.3 is 16.0 Å².